The van der Waals surface area contributed by atoms with Crippen LogP contribution in [0.4, 0.5) is 4.79 Å². The Hall–Kier alpha value is -1.43. The van der Waals surface area contributed by atoms with Gasteiger partial charge in [0.2, 0.25) is 5.91 Å². The van der Waals surface area contributed by atoms with E-state index in [1.54, 1.807) is 18.4 Å². The second kappa shape index (κ2) is 8.88. The van der Waals surface area contributed by atoms with Crippen molar-refractivity contribution >= 4 is 53.2 Å². The van der Waals surface area contributed by atoms with E-state index in [0.717, 1.165) is 10.7 Å². The highest BCUT2D eigenvalue weighted by Gasteiger charge is 2.27. The number of hydrogen-bond acceptors (Lipinski definition) is 5. The molecule has 10 heteroatoms. The van der Waals surface area contributed by atoms with Crippen LogP contribution in [0.1, 0.15) is 10.7 Å². The zero-order valence-electron chi connectivity index (χ0n) is 12.4. The summed E-state index contributed by atoms with van der Waals surface area (Å²) >= 11 is 1.58. The standard InChI is InChI=1S/C12H18N6O2S.HI/c1-8-7-21-9(17-8)5-15-11(13-2)14-3-4-18-10(19)6-16-12(18)20;/h7H,3-6H2,1-2H3,(H,16,20)(H2,13,14,15);1H. The van der Waals surface area contributed by atoms with Gasteiger partial charge in [0.15, 0.2) is 5.96 Å². The molecule has 1 aromatic rings. The summed E-state index contributed by atoms with van der Waals surface area (Å²) in [6, 6.07) is -0.344. The number of carbonyl (C=O) groups excluding carboxylic acids is 2. The van der Waals surface area contributed by atoms with Gasteiger partial charge in [-0.05, 0) is 6.92 Å². The fourth-order valence-corrected chi connectivity index (χ4v) is 2.54. The van der Waals surface area contributed by atoms with Gasteiger partial charge in [-0.2, -0.15) is 0 Å². The van der Waals surface area contributed by atoms with Crippen molar-refractivity contribution in [2.45, 2.75) is 13.5 Å². The second-order valence-corrected chi connectivity index (χ2v) is 5.38. The Bertz CT molecular complexity index is 546. The van der Waals surface area contributed by atoms with E-state index in [2.05, 4.69) is 25.9 Å². The number of thiazole rings is 1. The molecule has 2 rings (SSSR count). The van der Waals surface area contributed by atoms with Crippen LogP contribution in [0, 0.1) is 6.92 Å². The molecule has 3 amide bonds. The van der Waals surface area contributed by atoms with Gasteiger partial charge in [0.25, 0.3) is 0 Å². The predicted molar refractivity (Wildman–Crippen MR) is 95.6 cm³/mol. The molecular formula is C12H19IN6O2S. The summed E-state index contributed by atoms with van der Waals surface area (Å²) in [5.41, 5.74) is 0.998. The summed E-state index contributed by atoms with van der Waals surface area (Å²) in [6.45, 7) is 3.36. The topological polar surface area (TPSA) is 98.7 Å². The Morgan fingerprint density at radius 3 is 2.82 bits per heavy atom. The van der Waals surface area contributed by atoms with Gasteiger partial charge in [0.05, 0.1) is 13.1 Å². The van der Waals surface area contributed by atoms with Gasteiger partial charge < -0.3 is 16.0 Å². The highest BCUT2D eigenvalue weighted by Crippen LogP contribution is 2.07. The Kier molecular flexibility index (Phi) is 7.51. The monoisotopic (exact) mass is 438 g/mol. The Morgan fingerprint density at radius 2 is 2.27 bits per heavy atom. The fourth-order valence-electron chi connectivity index (χ4n) is 1.83. The molecule has 0 aromatic carbocycles. The summed E-state index contributed by atoms with van der Waals surface area (Å²) in [6.07, 6.45) is 0. The molecule has 0 unspecified atom stereocenters. The third-order valence-corrected chi connectivity index (χ3v) is 3.83. The summed E-state index contributed by atoms with van der Waals surface area (Å²) in [5.74, 6) is 0.401. The maximum atomic E-state index is 11.4. The molecule has 1 aromatic heterocycles. The lowest BCUT2D eigenvalue weighted by atomic mass is 10.5. The number of urea groups is 1. The van der Waals surface area contributed by atoms with Gasteiger partial charge in [-0.3, -0.25) is 14.7 Å². The second-order valence-electron chi connectivity index (χ2n) is 4.44. The number of rotatable bonds is 5. The Labute approximate surface area is 149 Å². The van der Waals surface area contributed by atoms with Gasteiger partial charge in [-0.25, -0.2) is 9.78 Å². The zero-order valence-corrected chi connectivity index (χ0v) is 15.5. The first kappa shape index (κ1) is 18.6. The van der Waals surface area contributed by atoms with Crippen molar-refractivity contribution in [1.82, 2.24) is 25.8 Å². The molecule has 122 valence electrons. The van der Waals surface area contributed by atoms with Crippen LogP contribution < -0.4 is 16.0 Å². The molecule has 0 bridgehead atoms. The van der Waals surface area contributed by atoms with E-state index in [-0.39, 0.29) is 42.5 Å². The van der Waals surface area contributed by atoms with Crippen molar-refractivity contribution < 1.29 is 9.59 Å². The lowest BCUT2D eigenvalue weighted by Gasteiger charge is -2.15. The number of hydrogen-bond donors (Lipinski definition) is 3. The highest BCUT2D eigenvalue weighted by atomic mass is 127. The van der Waals surface area contributed by atoms with Crippen LogP contribution in [0.2, 0.25) is 0 Å². The molecule has 1 saturated heterocycles. The number of nitrogens with one attached hydrogen (secondary N) is 3. The van der Waals surface area contributed by atoms with Crippen molar-refractivity contribution in [3.8, 4) is 0 Å². The van der Waals surface area contributed by atoms with Gasteiger partial charge in [0, 0.05) is 31.2 Å². The van der Waals surface area contributed by atoms with E-state index in [1.807, 2.05) is 12.3 Å². The Balaban J connectivity index is 0.00000242. The molecule has 3 N–H and O–H groups in total. The van der Waals surface area contributed by atoms with E-state index in [0.29, 0.717) is 25.6 Å². The molecule has 8 nitrogen and oxygen atoms in total. The number of halogens is 1. The van der Waals surface area contributed by atoms with Crippen LogP contribution in [-0.2, 0) is 11.3 Å². The first-order valence-corrected chi connectivity index (χ1v) is 7.42. The molecule has 22 heavy (non-hydrogen) atoms. The lowest BCUT2D eigenvalue weighted by molar-refractivity contribution is -0.124. The fraction of sp³-hybridized carbons (Fsp3) is 0.500. The zero-order chi connectivity index (χ0) is 15.2. The predicted octanol–water partition coefficient (Wildman–Crippen LogP) is 0.286. The lowest BCUT2D eigenvalue weighted by Crippen LogP contribution is -2.43. The van der Waals surface area contributed by atoms with Crippen molar-refractivity contribution in [2.24, 2.45) is 4.99 Å². The van der Waals surface area contributed by atoms with Gasteiger partial charge in [-0.1, -0.05) is 0 Å². The first-order valence-electron chi connectivity index (χ1n) is 6.54. The van der Waals surface area contributed by atoms with Crippen molar-refractivity contribution in [3.05, 3.63) is 16.1 Å². The van der Waals surface area contributed by atoms with Crippen LogP contribution in [-0.4, -0.2) is 54.5 Å². The number of amides is 3. The number of nitrogens with zero attached hydrogens (tertiary/aromatic N) is 3. The van der Waals surface area contributed by atoms with Gasteiger partial charge in [-0.15, -0.1) is 35.3 Å². The van der Waals surface area contributed by atoms with Crippen LogP contribution in [0.5, 0.6) is 0 Å². The molecule has 0 spiro atoms. The number of aromatic nitrogens is 1. The molecule has 0 aliphatic carbocycles. The Morgan fingerprint density at radius 1 is 1.50 bits per heavy atom. The number of aliphatic imine (C=N–C) groups is 1. The van der Waals surface area contributed by atoms with Crippen LogP contribution >= 0.6 is 35.3 Å². The molecular weight excluding hydrogens is 419 g/mol. The van der Waals surface area contributed by atoms with Crippen molar-refractivity contribution in [1.29, 1.82) is 0 Å². The van der Waals surface area contributed by atoms with E-state index in [4.69, 9.17) is 0 Å². The van der Waals surface area contributed by atoms with E-state index in [9.17, 15) is 9.59 Å². The van der Waals surface area contributed by atoms with Crippen molar-refractivity contribution in [3.63, 3.8) is 0 Å². The van der Waals surface area contributed by atoms with Gasteiger partial charge in [0.1, 0.15) is 5.01 Å². The summed E-state index contributed by atoms with van der Waals surface area (Å²) in [7, 11) is 1.66. The smallest absolute Gasteiger partial charge is 0.324 e. The van der Waals surface area contributed by atoms with Crippen LogP contribution in [0.15, 0.2) is 10.4 Å². The first-order chi connectivity index (χ1) is 10.1. The number of imide groups is 1. The van der Waals surface area contributed by atoms with Gasteiger partial charge >= 0.3 is 6.03 Å². The number of aryl methyl sites for hydroxylation is 1. The average molecular weight is 438 g/mol. The van der Waals surface area contributed by atoms with Crippen molar-refractivity contribution in [2.75, 3.05) is 26.7 Å². The molecule has 1 aliphatic heterocycles. The minimum atomic E-state index is -0.344. The molecule has 0 radical (unpaired) electrons. The van der Waals surface area contributed by atoms with E-state index >= 15 is 0 Å². The molecule has 0 saturated carbocycles. The normalized spacial score (nSPS) is 14.6. The summed E-state index contributed by atoms with van der Waals surface area (Å²) in [4.78, 5) is 32.4. The quantitative estimate of drug-likeness (QED) is 0.266. The third-order valence-electron chi connectivity index (χ3n) is 2.86. The summed E-state index contributed by atoms with van der Waals surface area (Å²) in [5, 5.41) is 11.6. The van der Waals surface area contributed by atoms with E-state index in [1.165, 1.54) is 4.90 Å². The third kappa shape index (κ3) is 5.09. The highest BCUT2D eigenvalue weighted by molar-refractivity contribution is 14.0. The maximum Gasteiger partial charge on any atom is 0.324 e. The SMILES string of the molecule is CN=C(NCCN1C(=O)CNC1=O)NCc1nc(C)cs1.I. The molecule has 2 heterocycles. The molecule has 0 atom stereocenters. The average Bonchev–Trinajstić information content (AvgIpc) is 3.02. The molecule has 1 fully saturated rings. The number of guanidine groups is 1. The minimum absolute atomic E-state index is 0. The van der Waals surface area contributed by atoms with E-state index < -0.39 is 0 Å². The number of carbonyl (C=O) groups is 2. The minimum Gasteiger partial charge on any atom is -0.355 e. The van der Waals surface area contributed by atoms with Crippen LogP contribution in [0.3, 0.4) is 0 Å². The largest absolute Gasteiger partial charge is 0.355 e. The maximum absolute atomic E-state index is 11.4. The van der Waals surface area contributed by atoms with Crippen LogP contribution in [0.25, 0.3) is 0 Å². The molecule has 1 aliphatic rings. The summed E-state index contributed by atoms with van der Waals surface area (Å²) < 4.78 is 0.